The van der Waals surface area contributed by atoms with E-state index in [0.717, 1.165) is 36.0 Å². The Morgan fingerprint density at radius 1 is 1.00 bits per heavy atom. The van der Waals surface area contributed by atoms with Crippen molar-refractivity contribution >= 4 is 18.3 Å². The van der Waals surface area contributed by atoms with Crippen LogP contribution in [0.4, 0.5) is 0 Å². The minimum Gasteiger partial charge on any atom is -0.372 e. The summed E-state index contributed by atoms with van der Waals surface area (Å²) >= 11 is 0. The molecule has 0 saturated heterocycles. The molecule has 0 unspecified atom stereocenters. The van der Waals surface area contributed by atoms with Crippen LogP contribution in [-0.4, -0.2) is 11.9 Å². The molecule has 0 spiro atoms. The maximum absolute atomic E-state index is 12.2. The molecule has 146 valence electrons. The number of amides is 1. The Bertz CT molecular complexity index is 708. The Hall–Kier alpha value is -1.88. The molecule has 0 heterocycles. The zero-order valence-electron chi connectivity index (χ0n) is 15.6. The van der Waals surface area contributed by atoms with Gasteiger partial charge in [0, 0.05) is 19.0 Å². The highest BCUT2D eigenvalue weighted by Crippen LogP contribution is 2.26. The van der Waals surface area contributed by atoms with Crippen LogP contribution in [-0.2, 0) is 29.3 Å². The molecule has 4 nitrogen and oxygen atoms in total. The molecule has 1 fully saturated rings. The number of hydrogen-bond acceptors (Lipinski definition) is 3. The Kier molecular flexibility index (Phi) is 8.79. The Balaban J connectivity index is 0.00000261. The van der Waals surface area contributed by atoms with Gasteiger partial charge in [-0.2, -0.15) is 0 Å². The van der Waals surface area contributed by atoms with Crippen LogP contribution in [0, 0.1) is 5.92 Å². The third-order valence-electron chi connectivity index (χ3n) is 5.13. The molecule has 2 atom stereocenters. The van der Waals surface area contributed by atoms with Gasteiger partial charge in [-0.3, -0.25) is 4.79 Å². The van der Waals surface area contributed by atoms with E-state index in [1.807, 2.05) is 36.4 Å². The molecule has 0 aromatic heterocycles. The van der Waals surface area contributed by atoms with E-state index in [1.165, 1.54) is 0 Å². The first kappa shape index (κ1) is 21.4. The van der Waals surface area contributed by atoms with Crippen LogP contribution in [0.2, 0.25) is 0 Å². The molecule has 2 aromatic rings. The van der Waals surface area contributed by atoms with Crippen molar-refractivity contribution in [3.63, 3.8) is 0 Å². The van der Waals surface area contributed by atoms with Crippen molar-refractivity contribution < 1.29 is 9.53 Å². The highest BCUT2D eigenvalue weighted by atomic mass is 35.5. The van der Waals surface area contributed by atoms with E-state index in [4.69, 9.17) is 10.5 Å². The van der Waals surface area contributed by atoms with E-state index in [0.29, 0.717) is 32.1 Å². The number of ether oxygens (including phenoxy) is 1. The van der Waals surface area contributed by atoms with Crippen LogP contribution >= 0.6 is 12.4 Å². The second-order valence-corrected chi connectivity index (χ2v) is 7.08. The van der Waals surface area contributed by atoms with Crippen molar-refractivity contribution in [3.05, 3.63) is 71.3 Å². The molecular formula is C22H29ClN2O2. The summed E-state index contributed by atoms with van der Waals surface area (Å²) < 4.78 is 5.85. The smallest absolute Gasteiger partial charge is 0.220 e. The number of nitrogens with two attached hydrogens (primary N) is 1. The summed E-state index contributed by atoms with van der Waals surface area (Å²) in [6, 6.07) is 18.4. The van der Waals surface area contributed by atoms with E-state index < -0.39 is 0 Å². The molecule has 27 heavy (non-hydrogen) atoms. The lowest BCUT2D eigenvalue weighted by atomic mass is 10.00. The number of carbonyl (C=O) groups excluding carboxylic acids is 1. The lowest BCUT2D eigenvalue weighted by Crippen LogP contribution is -2.31. The summed E-state index contributed by atoms with van der Waals surface area (Å²) in [4.78, 5) is 12.2. The molecule has 3 N–H and O–H groups in total. The fourth-order valence-corrected chi connectivity index (χ4v) is 3.55. The average molecular weight is 389 g/mol. The second-order valence-electron chi connectivity index (χ2n) is 7.08. The number of hydrogen-bond donors (Lipinski definition) is 2. The van der Waals surface area contributed by atoms with Crippen LogP contribution in [0.5, 0.6) is 0 Å². The van der Waals surface area contributed by atoms with Crippen molar-refractivity contribution in [2.45, 2.75) is 51.5 Å². The standard InChI is InChI=1S/C22H28N2O2.ClH/c23-21-12-6-11-18(21)13-22(25)24-14-19-9-4-5-10-20(19)16-26-15-17-7-2-1-3-8-17;/h1-5,7-10,18,21H,6,11-16,23H2,(H,24,25);1H/t18-,21+;/m0./s1. The van der Waals surface area contributed by atoms with Crippen molar-refractivity contribution in [1.82, 2.24) is 5.32 Å². The van der Waals surface area contributed by atoms with Gasteiger partial charge in [0.1, 0.15) is 0 Å². The number of carbonyl (C=O) groups is 1. The van der Waals surface area contributed by atoms with E-state index in [1.54, 1.807) is 0 Å². The summed E-state index contributed by atoms with van der Waals surface area (Å²) in [7, 11) is 0. The molecule has 2 aromatic carbocycles. The molecular weight excluding hydrogens is 360 g/mol. The number of rotatable bonds is 8. The van der Waals surface area contributed by atoms with E-state index in [-0.39, 0.29) is 24.4 Å². The summed E-state index contributed by atoms with van der Waals surface area (Å²) in [5.74, 6) is 0.423. The topological polar surface area (TPSA) is 64.4 Å². The third-order valence-corrected chi connectivity index (χ3v) is 5.13. The van der Waals surface area contributed by atoms with Gasteiger partial charge < -0.3 is 15.8 Å². The zero-order valence-corrected chi connectivity index (χ0v) is 16.4. The van der Waals surface area contributed by atoms with Gasteiger partial charge in [-0.1, -0.05) is 61.0 Å². The fraction of sp³-hybridized carbons (Fsp3) is 0.409. The van der Waals surface area contributed by atoms with Crippen LogP contribution in [0.1, 0.15) is 42.4 Å². The number of halogens is 1. The van der Waals surface area contributed by atoms with Crippen molar-refractivity contribution in [2.24, 2.45) is 11.7 Å². The third kappa shape index (κ3) is 6.65. The lowest BCUT2D eigenvalue weighted by Gasteiger charge is -2.15. The van der Waals surface area contributed by atoms with E-state index in [9.17, 15) is 4.79 Å². The largest absolute Gasteiger partial charge is 0.372 e. The molecule has 5 heteroatoms. The van der Waals surface area contributed by atoms with E-state index >= 15 is 0 Å². The highest BCUT2D eigenvalue weighted by Gasteiger charge is 2.25. The van der Waals surface area contributed by atoms with Crippen molar-refractivity contribution in [1.29, 1.82) is 0 Å². The van der Waals surface area contributed by atoms with Gasteiger partial charge in [0.25, 0.3) is 0 Å². The fourth-order valence-electron chi connectivity index (χ4n) is 3.55. The van der Waals surface area contributed by atoms with Gasteiger partial charge in [-0.25, -0.2) is 0 Å². The zero-order chi connectivity index (χ0) is 18.2. The van der Waals surface area contributed by atoms with Gasteiger partial charge in [0.05, 0.1) is 13.2 Å². The predicted molar refractivity (Wildman–Crippen MR) is 110 cm³/mol. The minimum absolute atomic E-state index is 0. The van der Waals surface area contributed by atoms with Crippen molar-refractivity contribution in [3.8, 4) is 0 Å². The lowest BCUT2D eigenvalue weighted by molar-refractivity contribution is -0.122. The summed E-state index contributed by atoms with van der Waals surface area (Å²) in [5, 5.41) is 3.04. The Labute approximate surface area is 167 Å². The molecule has 0 aliphatic heterocycles. The highest BCUT2D eigenvalue weighted by molar-refractivity contribution is 5.85. The minimum atomic E-state index is 0. The van der Waals surface area contributed by atoms with Crippen molar-refractivity contribution in [2.75, 3.05) is 0 Å². The summed E-state index contributed by atoms with van der Waals surface area (Å²) in [6.45, 7) is 1.65. The Morgan fingerprint density at radius 3 is 2.41 bits per heavy atom. The average Bonchev–Trinajstić information content (AvgIpc) is 3.06. The van der Waals surface area contributed by atoms with Crippen LogP contribution in [0.3, 0.4) is 0 Å². The molecule has 0 radical (unpaired) electrons. The molecule has 1 aliphatic carbocycles. The molecule has 1 aliphatic rings. The maximum Gasteiger partial charge on any atom is 0.220 e. The van der Waals surface area contributed by atoms with Gasteiger partial charge in [0.2, 0.25) is 5.91 Å². The molecule has 0 bridgehead atoms. The SMILES string of the molecule is Cl.N[C@@H]1CCC[C@H]1CC(=O)NCc1ccccc1COCc1ccccc1. The normalized spacial score (nSPS) is 18.7. The Morgan fingerprint density at radius 2 is 1.70 bits per heavy atom. The first-order chi connectivity index (χ1) is 12.7. The van der Waals surface area contributed by atoms with Gasteiger partial charge in [0.15, 0.2) is 0 Å². The predicted octanol–water partition coefficient (Wildman–Crippen LogP) is 3.96. The quantitative estimate of drug-likeness (QED) is 0.719. The van der Waals surface area contributed by atoms with Gasteiger partial charge >= 0.3 is 0 Å². The van der Waals surface area contributed by atoms with Gasteiger partial charge in [-0.05, 0) is 35.4 Å². The number of nitrogens with one attached hydrogen (secondary N) is 1. The summed E-state index contributed by atoms with van der Waals surface area (Å²) in [5.41, 5.74) is 9.44. The first-order valence-electron chi connectivity index (χ1n) is 9.43. The second kappa shape index (κ2) is 11.1. The monoisotopic (exact) mass is 388 g/mol. The van der Waals surface area contributed by atoms with Crippen LogP contribution in [0.15, 0.2) is 54.6 Å². The summed E-state index contributed by atoms with van der Waals surface area (Å²) in [6.07, 6.45) is 3.78. The van der Waals surface area contributed by atoms with E-state index in [2.05, 4.69) is 23.5 Å². The molecule has 3 rings (SSSR count). The molecule has 1 saturated carbocycles. The number of benzene rings is 2. The van der Waals surface area contributed by atoms with Crippen LogP contribution < -0.4 is 11.1 Å². The van der Waals surface area contributed by atoms with Crippen LogP contribution in [0.25, 0.3) is 0 Å². The molecule has 1 amide bonds. The maximum atomic E-state index is 12.2. The first-order valence-corrected chi connectivity index (χ1v) is 9.43. The van der Waals surface area contributed by atoms with Gasteiger partial charge in [-0.15, -0.1) is 12.4 Å².